The van der Waals surface area contributed by atoms with Crippen LogP contribution in [-0.4, -0.2) is 29.1 Å². The maximum Gasteiger partial charge on any atom is 0.416 e. The predicted molar refractivity (Wildman–Crippen MR) is 71.5 cm³/mol. The number of carbonyl (C=O) groups is 1. The van der Waals surface area contributed by atoms with Crippen LogP contribution in [0.1, 0.15) is 12.8 Å². The fourth-order valence-electron chi connectivity index (χ4n) is 1.55. The number of nitrogens with zero attached hydrogens (tertiary/aromatic N) is 2. The van der Waals surface area contributed by atoms with Crippen molar-refractivity contribution in [2.24, 2.45) is 0 Å². The van der Waals surface area contributed by atoms with Gasteiger partial charge in [-0.05, 0) is 50.8 Å². The average Bonchev–Trinajstić information content (AvgIpc) is 2.79. The molecule has 0 bridgehead atoms. The Morgan fingerprint density at radius 3 is 2.65 bits per heavy atom. The fourth-order valence-corrected chi connectivity index (χ4v) is 2.70. The minimum Gasteiger partial charge on any atom is -0.390 e. The standard InChI is InChI=1S/C10H9Br2ClN2O2/c11-6-5-7(12)9(14-8(6)13)17-10(16)15-3-1-2-4-15/h5H,1-4H2. The van der Waals surface area contributed by atoms with Crippen molar-refractivity contribution in [2.45, 2.75) is 12.8 Å². The summed E-state index contributed by atoms with van der Waals surface area (Å²) in [5, 5.41) is 0.262. The zero-order valence-electron chi connectivity index (χ0n) is 8.75. The summed E-state index contributed by atoms with van der Waals surface area (Å²) in [5.41, 5.74) is 0. The number of carbonyl (C=O) groups excluding carboxylic acids is 1. The molecule has 1 aliphatic heterocycles. The third-order valence-corrected chi connectivity index (χ3v) is 4.09. The van der Waals surface area contributed by atoms with Crippen LogP contribution in [0.15, 0.2) is 15.0 Å². The number of pyridine rings is 1. The van der Waals surface area contributed by atoms with Crippen molar-refractivity contribution in [1.82, 2.24) is 9.88 Å². The number of ether oxygens (including phenoxy) is 1. The Hall–Kier alpha value is -0.330. The molecular weight excluding hydrogens is 375 g/mol. The highest BCUT2D eigenvalue weighted by molar-refractivity contribution is 9.11. The summed E-state index contributed by atoms with van der Waals surface area (Å²) in [6.45, 7) is 1.47. The Morgan fingerprint density at radius 2 is 2.00 bits per heavy atom. The maximum absolute atomic E-state index is 11.8. The average molecular weight is 384 g/mol. The van der Waals surface area contributed by atoms with Gasteiger partial charge in [0, 0.05) is 13.1 Å². The van der Waals surface area contributed by atoms with Crippen molar-refractivity contribution in [2.75, 3.05) is 13.1 Å². The molecule has 2 heterocycles. The van der Waals surface area contributed by atoms with Crippen LogP contribution in [0.2, 0.25) is 5.15 Å². The maximum atomic E-state index is 11.8. The minimum absolute atomic E-state index is 0.190. The first-order valence-electron chi connectivity index (χ1n) is 5.06. The minimum atomic E-state index is -0.380. The summed E-state index contributed by atoms with van der Waals surface area (Å²) in [5.74, 6) is 0.190. The zero-order chi connectivity index (χ0) is 12.4. The van der Waals surface area contributed by atoms with E-state index in [1.807, 2.05) is 0 Å². The molecule has 4 nitrogen and oxygen atoms in total. The quantitative estimate of drug-likeness (QED) is 0.691. The molecule has 0 saturated carbocycles. The number of hydrogen-bond donors (Lipinski definition) is 0. The molecule has 1 aromatic heterocycles. The lowest BCUT2D eigenvalue weighted by atomic mass is 10.4. The second kappa shape index (κ2) is 5.54. The Bertz CT molecular complexity index is 450. The van der Waals surface area contributed by atoms with E-state index in [-0.39, 0.29) is 17.1 Å². The van der Waals surface area contributed by atoms with E-state index in [9.17, 15) is 4.79 Å². The number of likely N-dealkylation sites (tertiary alicyclic amines) is 1. The summed E-state index contributed by atoms with van der Waals surface area (Å²) in [6, 6.07) is 1.70. The lowest BCUT2D eigenvalue weighted by Gasteiger charge is -2.15. The van der Waals surface area contributed by atoms with Gasteiger partial charge in [-0.1, -0.05) is 11.6 Å². The van der Waals surface area contributed by atoms with Gasteiger partial charge in [0.25, 0.3) is 0 Å². The van der Waals surface area contributed by atoms with E-state index in [2.05, 4.69) is 36.8 Å². The number of rotatable bonds is 1. The number of halogens is 3. The third kappa shape index (κ3) is 3.11. The van der Waals surface area contributed by atoms with E-state index < -0.39 is 0 Å². The molecule has 1 saturated heterocycles. The highest BCUT2D eigenvalue weighted by Crippen LogP contribution is 2.31. The van der Waals surface area contributed by atoms with Crippen molar-refractivity contribution in [1.29, 1.82) is 0 Å². The van der Waals surface area contributed by atoms with Crippen molar-refractivity contribution < 1.29 is 9.53 Å². The predicted octanol–water partition coefficient (Wildman–Crippen LogP) is 3.85. The van der Waals surface area contributed by atoms with Gasteiger partial charge in [-0.25, -0.2) is 4.79 Å². The lowest BCUT2D eigenvalue weighted by molar-refractivity contribution is 0.160. The highest BCUT2D eigenvalue weighted by atomic mass is 79.9. The molecule has 0 radical (unpaired) electrons. The Balaban J connectivity index is 2.12. The first-order chi connectivity index (χ1) is 8.08. The summed E-state index contributed by atoms with van der Waals surface area (Å²) >= 11 is 12.4. The summed E-state index contributed by atoms with van der Waals surface area (Å²) in [7, 11) is 0. The SMILES string of the molecule is O=C(Oc1nc(Cl)c(Br)cc1Br)N1CCCC1. The van der Waals surface area contributed by atoms with Crippen LogP contribution in [0.25, 0.3) is 0 Å². The topological polar surface area (TPSA) is 42.4 Å². The van der Waals surface area contributed by atoms with Crippen LogP contribution in [0.4, 0.5) is 4.79 Å². The molecule has 0 aliphatic carbocycles. The second-order valence-electron chi connectivity index (χ2n) is 3.61. The molecule has 1 amide bonds. The van der Waals surface area contributed by atoms with Crippen LogP contribution in [0.3, 0.4) is 0 Å². The molecule has 2 rings (SSSR count). The molecule has 1 aliphatic rings. The lowest BCUT2D eigenvalue weighted by Crippen LogP contribution is -2.30. The van der Waals surface area contributed by atoms with E-state index in [4.69, 9.17) is 16.3 Å². The molecule has 0 spiro atoms. The van der Waals surface area contributed by atoms with Crippen LogP contribution in [0.5, 0.6) is 5.88 Å². The molecule has 7 heteroatoms. The van der Waals surface area contributed by atoms with Crippen molar-refractivity contribution in [3.63, 3.8) is 0 Å². The largest absolute Gasteiger partial charge is 0.416 e. The summed E-state index contributed by atoms with van der Waals surface area (Å²) < 4.78 is 6.42. The van der Waals surface area contributed by atoms with Crippen LogP contribution in [-0.2, 0) is 0 Å². The molecule has 0 N–H and O–H groups in total. The molecular formula is C10H9Br2ClN2O2. The van der Waals surface area contributed by atoms with Crippen molar-refractivity contribution >= 4 is 49.6 Å². The van der Waals surface area contributed by atoms with Crippen LogP contribution in [0, 0.1) is 0 Å². The van der Waals surface area contributed by atoms with E-state index in [0.29, 0.717) is 8.95 Å². The van der Waals surface area contributed by atoms with E-state index in [1.54, 1.807) is 11.0 Å². The Morgan fingerprint density at radius 1 is 1.35 bits per heavy atom. The monoisotopic (exact) mass is 382 g/mol. The first-order valence-corrected chi connectivity index (χ1v) is 7.02. The molecule has 1 fully saturated rings. The van der Waals surface area contributed by atoms with Crippen molar-refractivity contribution in [3.05, 3.63) is 20.2 Å². The molecule has 92 valence electrons. The van der Waals surface area contributed by atoms with Gasteiger partial charge in [0.2, 0.25) is 5.88 Å². The fraction of sp³-hybridized carbons (Fsp3) is 0.400. The number of aromatic nitrogens is 1. The van der Waals surface area contributed by atoms with Gasteiger partial charge in [0.1, 0.15) is 5.15 Å². The van der Waals surface area contributed by atoms with E-state index in [1.165, 1.54) is 0 Å². The van der Waals surface area contributed by atoms with E-state index >= 15 is 0 Å². The van der Waals surface area contributed by atoms with E-state index in [0.717, 1.165) is 25.9 Å². The van der Waals surface area contributed by atoms with Gasteiger partial charge in [0.15, 0.2) is 0 Å². The van der Waals surface area contributed by atoms with Gasteiger partial charge in [-0.3, -0.25) is 0 Å². The molecule has 17 heavy (non-hydrogen) atoms. The van der Waals surface area contributed by atoms with Crippen LogP contribution < -0.4 is 4.74 Å². The van der Waals surface area contributed by atoms with Gasteiger partial charge >= 0.3 is 6.09 Å². The number of hydrogen-bond acceptors (Lipinski definition) is 3. The van der Waals surface area contributed by atoms with Gasteiger partial charge in [0.05, 0.1) is 8.95 Å². The normalized spacial score (nSPS) is 15.1. The highest BCUT2D eigenvalue weighted by Gasteiger charge is 2.21. The molecule has 1 aromatic rings. The molecule has 0 aromatic carbocycles. The van der Waals surface area contributed by atoms with Crippen LogP contribution >= 0.6 is 43.5 Å². The second-order valence-corrected chi connectivity index (χ2v) is 5.68. The molecule has 0 unspecified atom stereocenters. The number of amides is 1. The first kappa shape index (κ1) is 13.1. The van der Waals surface area contributed by atoms with Gasteiger partial charge in [-0.2, -0.15) is 4.98 Å². The van der Waals surface area contributed by atoms with Gasteiger partial charge in [-0.15, -0.1) is 0 Å². The van der Waals surface area contributed by atoms with Gasteiger partial charge < -0.3 is 9.64 Å². The summed E-state index contributed by atoms with van der Waals surface area (Å²) in [4.78, 5) is 17.4. The smallest absolute Gasteiger partial charge is 0.390 e. The van der Waals surface area contributed by atoms with Crippen molar-refractivity contribution in [3.8, 4) is 5.88 Å². The Kier molecular flexibility index (Phi) is 4.27. The molecule has 0 atom stereocenters. The summed E-state index contributed by atoms with van der Waals surface area (Å²) in [6.07, 6.45) is 1.66. The zero-order valence-corrected chi connectivity index (χ0v) is 12.7. The third-order valence-electron chi connectivity index (χ3n) is 2.40. The Labute approximate surface area is 121 Å².